The van der Waals surface area contributed by atoms with Crippen LogP contribution in [0.15, 0.2) is 134 Å². The number of allylic oxidation sites excluding steroid dienone is 22. The molecule has 2 unspecified atom stereocenters. The van der Waals surface area contributed by atoms with Gasteiger partial charge in [-0.25, -0.2) is 0 Å². The van der Waals surface area contributed by atoms with Crippen LogP contribution >= 0.6 is 0 Å². The highest BCUT2D eigenvalue weighted by molar-refractivity contribution is 5.76. The molecule has 0 fully saturated rings. The minimum atomic E-state index is -0.675. The summed E-state index contributed by atoms with van der Waals surface area (Å²) >= 11 is 0. The molecule has 1 amide bonds. The number of nitrogens with one attached hydrogen (secondary N) is 1. The second-order valence-electron chi connectivity index (χ2n) is 23.6. The SMILES string of the molecule is CC/C=C\C/C=C\C/C=C\C/C=C\C/C=C\C/C=C\C/C=C\C/C=C\C/C=C\C/C=C\C/C=C\CCCCCCCCCC(=O)NC(CO)C(O)CCCCCCCCCCCCCCCCCCCCCCCCCCCCCCC. The van der Waals surface area contributed by atoms with Crippen LogP contribution < -0.4 is 5.32 Å². The molecule has 0 saturated carbocycles. The van der Waals surface area contributed by atoms with Crippen LogP contribution in [-0.2, 0) is 4.79 Å². The molecule has 4 heteroatoms. The normalized spacial score (nSPS) is 13.6. The molecule has 0 aliphatic carbocycles. The molecule has 3 N–H and O–H groups in total. The molecule has 0 aromatic carbocycles. The first-order chi connectivity index (χ1) is 40.7. The minimum Gasteiger partial charge on any atom is -0.394 e. The third-order valence-electron chi connectivity index (χ3n) is 15.7. The van der Waals surface area contributed by atoms with Gasteiger partial charge in [0.15, 0.2) is 0 Å². The van der Waals surface area contributed by atoms with Crippen molar-refractivity contribution in [1.29, 1.82) is 0 Å². The van der Waals surface area contributed by atoms with Crippen LogP contribution in [0.2, 0.25) is 0 Å². The lowest BCUT2D eigenvalue weighted by atomic mass is 10.0. The van der Waals surface area contributed by atoms with E-state index in [0.717, 1.165) is 109 Å². The third kappa shape index (κ3) is 67.3. The topological polar surface area (TPSA) is 69.6 Å². The van der Waals surface area contributed by atoms with E-state index >= 15 is 0 Å². The number of carbonyl (C=O) groups is 1. The lowest BCUT2D eigenvalue weighted by molar-refractivity contribution is -0.123. The molecule has 0 aliphatic rings. The predicted molar refractivity (Wildman–Crippen MR) is 368 cm³/mol. The van der Waals surface area contributed by atoms with E-state index in [2.05, 4.69) is 153 Å². The zero-order chi connectivity index (χ0) is 59.1. The number of hydrogen-bond donors (Lipinski definition) is 3. The molecule has 2 atom stereocenters. The second kappa shape index (κ2) is 71.8. The first kappa shape index (κ1) is 78.5. The molecule has 0 aromatic heterocycles. The summed E-state index contributed by atoms with van der Waals surface area (Å²) in [6.07, 6.45) is 111. The molecule has 0 saturated heterocycles. The van der Waals surface area contributed by atoms with Gasteiger partial charge < -0.3 is 15.5 Å². The smallest absolute Gasteiger partial charge is 0.220 e. The van der Waals surface area contributed by atoms with Gasteiger partial charge in [0, 0.05) is 6.42 Å². The Morgan fingerprint density at radius 1 is 0.305 bits per heavy atom. The Morgan fingerprint density at radius 2 is 0.537 bits per heavy atom. The van der Waals surface area contributed by atoms with Crippen molar-refractivity contribution in [1.82, 2.24) is 5.32 Å². The molecule has 0 heterocycles. The van der Waals surface area contributed by atoms with Gasteiger partial charge in [-0.3, -0.25) is 4.79 Å². The lowest BCUT2D eigenvalue weighted by Crippen LogP contribution is -2.45. The quantitative estimate of drug-likeness (QED) is 0.0420. The van der Waals surface area contributed by atoms with Gasteiger partial charge in [0.25, 0.3) is 0 Å². The average molecular weight is 1130 g/mol. The molecular formula is C78H135NO3. The maximum Gasteiger partial charge on any atom is 0.220 e. The lowest BCUT2D eigenvalue weighted by Gasteiger charge is -2.22. The number of carbonyl (C=O) groups excluding carboxylic acids is 1. The fourth-order valence-electron chi connectivity index (χ4n) is 10.4. The number of amides is 1. The standard InChI is InChI=1S/C78H135NO3/c1-3-5-7-9-11-13-15-17-19-21-23-25-27-29-31-33-34-35-36-37-38-39-40-41-42-43-44-46-48-50-52-54-56-58-60-62-64-66-68-70-72-74-78(82)79-76(75-80)77(81)73-71-69-67-65-63-61-59-57-55-53-51-49-47-45-32-30-28-26-24-22-20-18-16-14-12-10-8-6-4-2/h5,7,11,13,17,19,23,25,29,31,34-35,37-38,40-41,43-44,48,50,54,56,76-77,80-81H,3-4,6,8-10,12,14-16,18,20-22,24,26-28,30,32-33,36,39,42,45-47,49,51-53,55,57-75H2,1-2H3,(H,79,82)/b7-5-,13-11-,19-17-,25-23-,31-29-,35-34-,38-37-,41-40-,44-43-,50-48-,56-54-. The summed E-state index contributed by atoms with van der Waals surface area (Å²) in [7, 11) is 0. The Balaban J connectivity index is 3.56. The number of hydrogen-bond acceptors (Lipinski definition) is 3. The van der Waals surface area contributed by atoms with Gasteiger partial charge in [-0.15, -0.1) is 0 Å². The summed E-state index contributed by atoms with van der Waals surface area (Å²) in [5.41, 5.74) is 0. The molecule has 0 bridgehead atoms. The highest BCUT2D eigenvalue weighted by Gasteiger charge is 2.20. The van der Waals surface area contributed by atoms with E-state index in [9.17, 15) is 15.0 Å². The summed E-state index contributed by atoms with van der Waals surface area (Å²) in [5, 5.41) is 23.5. The van der Waals surface area contributed by atoms with Gasteiger partial charge in [0.05, 0.1) is 18.8 Å². The zero-order valence-electron chi connectivity index (χ0n) is 54.2. The maximum atomic E-state index is 12.6. The van der Waals surface area contributed by atoms with Gasteiger partial charge in [-0.1, -0.05) is 366 Å². The summed E-state index contributed by atoms with van der Waals surface area (Å²) in [6, 6.07) is -0.554. The number of aliphatic hydroxyl groups is 2. The van der Waals surface area contributed by atoms with E-state index in [0.29, 0.717) is 12.8 Å². The largest absolute Gasteiger partial charge is 0.394 e. The van der Waals surface area contributed by atoms with E-state index in [1.54, 1.807) is 0 Å². The van der Waals surface area contributed by atoms with Gasteiger partial charge in [-0.2, -0.15) is 0 Å². The van der Waals surface area contributed by atoms with E-state index in [-0.39, 0.29) is 12.5 Å². The van der Waals surface area contributed by atoms with Crippen LogP contribution in [0.3, 0.4) is 0 Å². The highest BCUT2D eigenvalue weighted by atomic mass is 16.3. The summed E-state index contributed by atoms with van der Waals surface area (Å²) in [6.45, 7) is 4.26. The van der Waals surface area contributed by atoms with Crippen molar-refractivity contribution in [2.75, 3.05) is 6.61 Å². The zero-order valence-corrected chi connectivity index (χ0v) is 54.2. The first-order valence-electron chi connectivity index (χ1n) is 35.4. The van der Waals surface area contributed by atoms with Crippen LogP contribution in [0.25, 0.3) is 0 Å². The van der Waals surface area contributed by atoms with Crippen LogP contribution in [0.1, 0.15) is 335 Å². The molecule has 0 aliphatic heterocycles. The van der Waals surface area contributed by atoms with Crippen LogP contribution in [0.4, 0.5) is 0 Å². The molecule has 4 nitrogen and oxygen atoms in total. The molecule has 0 rings (SSSR count). The molecule has 0 spiro atoms. The Bertz CT molecular complexity index is 1620. The van der Waals surface area contributed by atoms with E-state index in [4.69, 9.17) is 0 Å². The van der Waals surface area contributed by atoms with Crippen molar-refractivity contribution >= 4 is 5.91 Å². The van der Waals surface area contributed by atoms with Gasteiger partial charge in [0.2, 0.25) is 5.91 Å². The maximum absolute atomic E-state index is 12.6. The fourth-order valence-corrected chi connectivity index (χ4v) is 10.4. The first-order valence-corrected chi connectivity index (χ1v) is 35.4. The van der Waals surface area contributed by atoms with Crippen molar-refractivity contribution in [2.45, 2.75) is 347 Å². The van der Waals surface area contributed by atoms with Crippen molar-refractivity contribution in [2.24, 2.45) is 0 Å². The van der Waals surface area contributed by atoms with E-state index in [1.807, 2.05) is 0 Å². The number of aliphatic hydroxyl groups excluding tert-OH is 2. The number of unbranched alkanes of at least 4 members (excludes halogenated alkanes) is 35. The Morgan fingerprint density at radius 3 is 0.805 bits per heavy atom. The van der Waals surface area contributed by atoms with Crippen LogP contribution in [-0.4, -0.2) is 34.9 Å². The van der Waals surface area contributed by atoms with Gasteiger partial charge >= 0.3 is 0 Å². The van der Waals surface area contributed by atoms with E-state index in [1.165, 1.54) is 199 Å². The molecule has 82 heavy (non-hydrogen) atoms. The Labute approximate surface area is 511 Å². The minimum absolute atomic E-state index is 0.0435. The third-order valence-corrected chi connectivity index (χ3v) is 15.7. The van der Waals surface area contributed by atoms with Crippen LogP contribution in [0.5, 0.6) is 0 Å². The summed E-state index contributed by atoms with van der Waals surface area (Å²) in [5.74, 6) is -0.0435. The number of rotatable bonds is 64. The summed E-state index contributed by atoms with van der Waals surface area (Å²) < 4.78 is 0. The van der Waals surface area contributed by atoms with Gasteiger partial charge in [-0.05, 0) is 96.3 Å². The Kier molecular flexibility index (Phi) is 68.8. The van der Waals surface area contributed by atoms with E-state index < -0.39 is 12.1 Å². The Hall–Kier alpha value is -3.47. The van der Waals surface area contributed by atoms with Crippen LogP contribution in [0, 0.1) is 0 Å². The average Bonchev–Trinajstić information content (AvgIpc) is 3.50. The molecule has 0 radical (unpaired) electrons. The van der Waals surface area contributed by atoms with Crippen molar-refractivity contribution < 1.29 is 15.0 Å². The molecule has 0 aromatic rings. The monoisotopic (exact) mass is 1130 g/mol. The van der Waals surface area contributed by atoms with Gasteiger partial charge in [0.1, 0.15) is 0 Å². The van der Waals surface area contributed by atoms with Crippen molar-refractivity contribution in [3.63, 3.8) is 0 Å². The molecular weight excluding hydrogens is 999 g/mol. The van der Waals surface area contributed by atoms with Crippen molar-refractivity contribution in [3.8, 4) is 0 Å². The highest BCUT2D eigenvalue weighted by Crippen LogP contribution is 2.18. The predicted octanol–water partition coefficient (Wildman–Crippen LogP) is 24.5. The van der Waals surface area contributed by atoms with Crippen molar-refractivity contribution in [3.05, 3.63) is 134 Å². The molecule has 470 valence electrons. The summed E-state index contributed by atoms with van der Waals surface area (Å²) in [4.78, 5) is 12.6. The fraction of sp³-hybridized carbons (Fsp3) is 0.705. The second-order valence-corrected chi connectivity index (χ2v) is 23.6.